The van der Waals surface area contributed by atoms with E-state index >= 15 is 0 Å². The van der Waals surface area contributed by atoms with Crippen molar-refractivity contribution < 1.29 is 4.79 Å². The molecule has 1 aliphatic carbocycles. The van der Waals surface area contributed by atoms with Crippen molar-refractivity contribution in [3.8, 4) is 6.07 Å². The molecule has 1 atom stereocenters. The van der Waals surface area contributed by atoms with Crippen LogP contribution in [0.25, 0.3) is 0 Å². The highest BCUT2D eigenvalue weighted by atomic mass is 32.1. The zero-order chi connectivity index (χ0) is 18.9. The average molecular weight is 380 g/mol. The van der Waals surface area contributed by atoms with Gasteiger partial charge in [-0.1, -0.05) is 12.1 Å². The molecular formula is C22H25N3OS. The molecule has 1 spiro atoms. The van der Waals surface area contributed by atoms with Crippen molar-refractivity contribution in [3.63, 3.8) is 0 Å². The van der Waals surface area contributed by atoms with Gasteiger partial charge in [0.25, 0.3) is 0 Å². The normalized spacial score (nSPS) is 21.0. The molecular weight excluding hydrogens is 354 g/mol. The topological polar surface area (TPSA) is 47.3 Å². The summed E-state index contributed by atoms with van der Waals surface area (Å²) in [4.78, 5) is 16.8. The Hall–Kier alpha value is -2.16. The van der Waals surface area contributed by atoms with E-state index in [1.54, 1.807) is 18.3 Å². The molecule has 1 aliphatic heterocycles. The van der Waals surface area contributed by atoms with E-state index in [9.17, 15) is 4.79 Å². The number of benzene rings is 1. The Morgan fingerprint density at radius 1 is 1.26 bits per heavy atom. The van der Waals surface area contributed by atoms with Crippen LogP contribution in [0.1, 0.15) is 42.9 Å². The first-order valence-electron chi connectivity index (χ1n) is 9.59. The monoisotopic (exact) mass is 379 g/mol. The van der Waals surface area contributed by atoms with Crippen molar-refractivity contribution in [1.29, 1.82) is 5.26 Å². The number of hydrogen-bond acceptors (Lipinski definition) is 4. The molecule has 0 unspecified atom stereocenters. The fourth-order valence-electron chi connectivity index (χ4n) is 4.42. The number of carbonyl (C=O) groups is 1. The molecule has 4 rings (SSSR count). The Morgan fingerprint density at radius 2 is 2.00 bits per heavy atom. The molecule has 2 aromatic rings. The van der Waals surface area contributed by atoms with Gasteiger partial charge in [0.1, 0.15) is 0 Å². The van der Waals surface area contributed by atoms with Gasteiger partial charge in [0.05, 0.1) is 11.6 Å². The van der Waals surface area contributed by atoms with Crippen LogP contribution in [-0.2, 0) is 17.9 Å². The third-order valence-corrected chi connectivity index (χ3v) is 6.93. The van der Waals surface area contributed by atoms with Gasteiger partial charge >= 0.3 is 0 Å². The zero-order valence-corrected chi connectivity index (χ0v) is 16.5. The van der Waals surface area contributed by atoms with Gasteiger partial charge in [-0.3, -0.25) is 9.69 Å². The van der Waals surface area contributed by atoms with Gasteiger partial charge in [0.2, 0.25) is 5.91 Å². The van der Waals surface area contributed by atoms with Crippen LogP contribution >= 0.6 is 11.3 Å². The smallest absolute Gasteiger partial charge is 0.220 e. The highest BCUT2D eigenvalue weighted by Crippen LogP contribution is 2.57. The Morgan fingerprint density at radius 3 is 2.59 bits per heavy atom. The van der Waals surface area contributed by atoms with Crippen LogP contribution in [0, 0.1) is 16.7 Å². The molecule has 0 N–H and O–H groups in total. The average Bonchev–Trinajstić information content (AvgIpc) is 3.11. The van der Waals surface area contributed by atoms with Gasteiger partial charge < -0.3 is 4.90 Å². The lowest BCUT2D eigenvalue weighted by Gasteiger charge is -2.34. The van der Waals surface area contributed by atoms with Crippen molar-refractivity contribution in [2.45, 2.75) is 45.3 Å². The van der Waals surface area contributed by atoms with Crippen LogP contribution in [0.4, 0.5) is 0 Å². The minimum Gasteiger partial charge on any atom is -0.335 e. The van der Waals surface area contributed by atoms with E-state index in [0.717, 1.165) is 32.6 Å². The lowest BCUT2D eigenvalue weighted by atomic mass is 9.92. The van der Waals surface area contributed by atoms with Crippen LogP contribution in [0.3, 0.4) is 0 Å². The van der Waals surface area contributed by atoms with E-state index < -0.39 is 0 Å². The number of amides is 1. The largest absolute Gasteiger partial charge is 0.335 e. The van der Waals surface area contributed by atoms with Crippen LogP contribution in [0.2, 0.25) is 0 Å². The fourth-order valence-corrected chi connectivity index (χ4v) is 5.08. The summed E-state index contributed by atoms with van der Waals surface area (Å²) in [6, 6.07) is 12.6. The SMILES string of the molecule is CC(=O)N(Cc1ccsc1)[C@@H]1CC12CCN(Cc1ccc(C#N)cc1)CC2. The van der Waals surface area contributed by atoms with Crippen LogP contribution in [0.5, 0.6) is 0 Å². The van der Waals surface area contributed by atoms with E-state index in [4.69, 9.17) is 5.26 Å². The van der Waals surface area contributed by atoms with Crippen molar-refractivity contribution in [1.82, 2.24) is 9.80 Å². The van der Waals surface area contributed by atoms with Crippen LogP contribution in [-0.4, -0.2) is 34.8 Å². The highest BCUT2D eigenvalue weighted by Gasteiger charge is 2.58. The maximum Gasteiger partial charge on any atom is 0.220 e. The quantitative estimate of drug-likeness (QED) is 0.788. The van der Waals surface area contributed by atoms with Crippen LogP contribution in [0.15, 0.2) is 41.1 Å². The zero-order valence-electron chi connectivity index (χ0n) is 15.7. The molecule has 2 heterocycles. The first kappa shape index (κ1) is 18.2. The van der Waals surface area contributed by atoms with Gasteiger partial charge in [-0.15, -0.1) is 0 Å². The second kappa shape index (κ2) is 7.46. The van der Waals surface area contributed by atoms with Crippen LogP contribution < -0.4 is 0 Å². The number of piperidine rings is 1. The third kappa shape index (κ3) is 3.92. The number of nitriles is 1. The Labute approximate surface area is 165 Å². The first-order chi connectivity index (χ1) is 13.1. The second-order valence-corrected chi connectivity index (χ2v) is 8.73. The summed E-state index contributed by atoms with van der Waals surface area (Å²) in [6.07, 6.45) is 3.49. The predicted octanol–water partition coefficient (Wildman–Crippen LogP) is 4.02. The van der Waals surface area contributed by atoms with E-state index in [1.165, 1.54) is 24.0 Å². The second-order valence-electron chi connectivity index (χ2n) is 7.95. The molecule has 0 bridgehead atoms. The number of carbonyl (C=O) groups excluding carboxylic acids is 1. The van der Waals surface area contributed by atoms with Gasteiger partial charge in [0.15, 0.2) is 0 Å². The Balaban J connectivity index is 1.33. The highest BCUT2D eigenvalue weighted by molar-refractivity contribution is 7.07. The molecule has 140 valence electrons. The number of nitrogens with zero attached hydrogens (tertiary/aromatic N) is 3. The van der Waals surface area contributed by atoms with E-state index in [2.05, 4.69) is 44.8 Å². The number of hydrogen-bond donors (Lipinski definition) is 0. The minimum atomic E-state index is 0.197. The first-order valence-corrected chi connectivity index (χ1v) is 10.5. The fraction of sp³-hybridized carbons (Fsp3) is 0.455. The van der Waals surface area contributed by atoms with Gasteiger partial charge in [-0.25, -0.2) is 0 Å². The van der Waals surface area contributed by atoms with Gasteiger partial charge in [-0.2, -0.15) is 16.6 Å². The summed E-state index contributed by atoms with van der Waals surface area (Å²) in [5.41, 5.74) is 3.56. The molecule has 27 heavy (non-hydrogen) atoms. The van der Waals surface area contributed by atoms with Gasteiger partial charge in [0, 0.05) is 26.1 Å². The lowest BCUT2D eigenvalue weighted by Crippen LogP contribution is -2.39. The Bertz CT molecular complexity index is 829. The predicted molar refractivity (Wildman–Crippen MR) is 107 cm³/mol. The summed E-state index contributed by atoms with van der Waals surface area (Å²) in [5, 5.41) is 13.1. The molecule has 1 saturated carbocycles. The molecule has 4 nitrogen and oxygen atoms in total. The Kier molecular flexibility index (Phi) is 5.03. The van der Waals surface area contributed by atoms with Gasteiger partial charge in [-0.05, 0) is 77.9 Å². The molecule has 2 fully saturated rings. The standard InChI is InChI=1S/C22H25N3OS/c1-17(26)25(15-20-6-11-27-16-20)21-12-22(21)7-9-24(10-8-22)14-19-4-2-18(13-23)3-5-19/h2-6,11,16,21H,7-10,12,14-15H2,1H3/t21-/m1/s1. The number of rotatable bonds is 5. The summed E-state index contributed by atoms with van der Waals surface area (Å²) in [5.74, 6) is 0.197. The molecule has 0 radical (unpaired) electrons. The van der Waals surface area contributed by atoms with E-state index in [1.807, 2.05) is 12.1 Å². The lowest BCUT2D eigenvalue weighted by molar-refractivity contribution is -0.130. The summed E-state index contributed by atoms with van der Waals surface area (Å²) in [7, 11) is 0. The maximum absolute atomic E-state index is 12.2. The third-order valence-electron chi connectivity index (χ3n) is 6.20. The summed E-state index contributed by atoms with van der Waals surface area (Å²) in [6.45, 7) is 5.57. The van der Waals surface area contributed by atoms with E-state index in [0.29, 0.717) is 17.0 Å². The summed E-state index contributed by atoms with van der Waals surface area (Å²) >= 11 is 1.69. The number of likely N-dealkylation sites (tertiary alicyclic amines) is 1. The van der Waals surface area contributed by atoms with Crippen molar-refractivity contribution >= 4 is 17.2 Å². The van der Waals surface area contributed by atoms with Crippen molar-refractivity contribution in [3.05, 3.63) is 57.8 Å². The van der Waals surface area contributed by atoms with Crippen molar-refractivity contribution in [2.75, 3.05) is 13.1 Å². The molecule has 5 heteroatoms. The minimum absolute atomic E-state index is 0.197. The van der Waals surface area contributed by atoms with E-state index in [-0.39, 0.29) is 5.91 Å². The molecule has 2 aliphatic rings. The van der Waals surface area contributed by atoms with Crippen molar-refractivity contribution in [2.24, 2.45) is 5.41 Å². The maximum atomic E-state index is 12.2. The number of thiophene rings is 1. The molecule has 1 aromatic carbocycles. The molecule has 1 amide bonds. The molecule has 1 aromatic heterocycles. The molecule has 1 saturated heterocycles. The summed E-state index contributed by atoms with van der Waals surface area (Å²) < 4.78 is 0.